The number of aryl methyl sites for hydroxylation is 1. The summed E-state index contributed by atoms with van der Waals surface area (Å²) in [5, 5.41) is 0. The normalized spacial score (nSPS) is 16.9. The molecule has 1 aliphatic rings. The van der Waals surface area contributed by atoms with E-state index in [9.17, 15) is 0 Å². The maximum Gasteiger partial charge on any atom is 0.119 e. The summed E-state index contributed by atoms with van der Waals surface area (Å²) in [6.45, 7) is 6.88. The van der Waals surface area contributed by atoms with Gasteiger partial charge in [-0.25, -0.2) is 0 Å². The lowest BCUT2D eigenvalue weighted by Gasteiger charge is -2.19. The van der Waals surface area contributed by atoms with E-state index >= 15 is 0 Å². The van der Waals surface area contributed by atoms with Crippen molar-refractivity contribution in [2.75, 3.05) is 26.2 Å². The number of hydrogen-bond acceptors (Lipinski definition) is 2. The third-order valence-corrected chi connectivity index (χ3v) is 4.17. The molecule has 0 aliphatic carbocycles. The third-order valence-electron chi connectivity index (χ3n) is 4.17. The topological polar surface area (TPSA) is 12.5 Å². The Morgan fingerprint density at radius 3 is 2.30 bits per heavy atom. The highest BCUT2D eigenvalue weighted by Gasteiger charge is 2.07. The second-order valence-electron chi connectivity index (χ2n) is 5.81. The Hall–Kier alpha value is -1.02. The first kappa shape index (κ1) is 15.4. The van der Waals surface area contributed by atoms with Crippen LogP contribution in [0.3, 0.4) is 0 Å². The summed E-state index contributed by atoms with van der Waals surface area (Å²) in [4.78, 5) is 2.63. The Kier molecular flexibility index (Phi) is 6.93. The summed E-state index contributed by atoms with van der Waals surface area (Å²) in [7, 11) is 0. The van der Waals surface area contributed by atoms with Crippen molar-refractivity contribution in [1.82, 2.24) is 4.90 Å². The molecule has 112 valence electrons. The lowest BCUT2D eigenvalue weighted by molar-refractivity contribution is 0.256. The van der Waals surface area contributed by atoms with E-state index in [-0.39, 0.29) is 0 Å². The largest absolute Gasteiger partial charge is 0.494 e. The van der Waals surface area contributed by atoms with Gasteiger partial charge in [0.25, 0.3) is 0 Å². The molecular formula is C18H29NO. The average molecular weight is 275 g/mol. The van der Waals surface area contributed by atoms with Crippen molar-refractivity contribution >= 4 is 0 Å². The van der Waals surface area contributed by atoms with Crippen molar-refractivity contribution in [3.8, 4) is 5.75 Å². The number of ether oxygens (including phenoxy) is 1. The van der Waals surface area contributed by atoms with E-state index in [1.165, 1.54) is 57.3 Å². The molecule has 0 saturated carbocycles. The number of nitrogens with zero attached hydrogens (tertiary/aromatic N) is 1. The standard InChI is InChI=1S/C18H29NO/c1-2-17-9-11-18(12-10-17)20-16-8-7-15-19-13-5-3-4-6-14-19/h9-12H,2-8,13-16H2,1H3. The number of rotatable bonds is 7. The van der Waals surface area contributed by atoms with Gasteiger partial charge in [-0.3, -0.25) is 0 Å². The monoisotopic (exact) mass is 275 g/mol. The van der Waals surface area contributed by atoms with E-state index in [2.05, 4.69) is 36.1 Å². The molecule has 1 saturated heterocycles. The molecule has 1 aromatic carbocycles. The summed E-state index contributed by atoms with van der Waals surface area (Å²) in [5.41, 5.74) is 1.37. The van der Waals surface area contributed by atoms with Gasteiger partial charge in [0.15, 0.2) is 0 Å². The van der Waals surface area contributed by atoms with Gasteiger partial charge in [-0.05, 0) is 69.4 Å². The van der Waals surface area contributed by atoms with E-state index in [0.717, 1.165) is 25.2 Å². The van der Waals surface area contributed by atoms with E-state index in [1.807, 2.05) is 0 Å². The zero-order valence-electron chi connectivity index (χ0n) is 12.9. The van der Waals surface area contributed by atoms with Crippen molar-refractivity contribution in [3.05, 3.63) is 29.8 Å². The van der Waals surface area contributed by atoms with E-state index in [0.29, 0.717) is 0 Å². The SMILES string of the molecule is CCc1ccc(OCCCCN2CCCCCC2)cc1. The van der Waals surface area contributed by atoms with Crippen molar-refractivity contribution in [2.24, 2.45) is 0 Å². The maximum atomic E-state index is 5.80. The van der Waals surface area contributed by atoms with Gasteiger partial charge in [0.05, 0.1) is 6.61 Å². The van der Waals surface area contributed by atoms with Crippen LogP contribution in [0, 0.1) is 0 Å². The highest BCUT2D eigenvalue weighted by molar-refractivity contribution is 5.27. The van der Waals surface area contributed by atoms with Gasteiger partial charge in [-0.1, -0.05) is 31.9 Å². The quantitative estimate of drug-likeness (QED) is 0.689. The van der Waals surface area contributed by atoms with Crippen LogP contribution in [-0.4, -0.2) is 31.1 Å². The number of hydrogen-bond donors (Lipinski definition) is 0. The molecule has 0 spiro atoms. The number of unbranched alkanes of at least 4 members (excludes halogenated alkanes) is 1. The summed E-state index contributed by atoms with van der Waals surface area (Å²) >= 11 is 0. The molecule has 0 amide bonds. The summed E-state index contributed by atoms with van der Waals surface area (Å²) in [5.74, 6) is 1.01. The minimum atomic E-state index is 0.847. The predicted molar refractivity (Wildman–Crippen MR) is 85.5 cm³/mol. The Bertz CT molecular complexity index is 352. The van der Waals surface area contributed by atoms with Crippen LogP contribution in [0.4, 0.5) is 0 Å². The molecule has 20 heavy (non-hydrogen) atoms. The Labute approximate surface area is 124 Å². The number of likely N-dealkylation sites (tertiary alicyclic amines) is 1. The molecule has 1 aromatic rings. The zero-order chi connectivity index (χ0) is 14.0. The molecule has 0 N–H and O–H groups in total. The van der Waals surface area contributed by atoms with Crippen molar-refractivity contribution < 1.29 is 4.74 Å². The van der Waals surface area contributed by atoms with Crippen LogP contribution in [0.15, 0.2) is 24.3 Å². The lowest BCUT2D eigenvalue weighted by Crippen LogP contribution is -2.25. The summed E-state index contributed by atoms with van der Waals surface area (Å²) in [6.07, 6.45) is 9.14. The first-order valence-corrected chi connectivity index (χ1v) is 8.32. The minimum Gasteiger partial charge on any atom is -0.494 e. The molecule has 2 nitrogen and oxygen atoms in total. The van der Waals surface area contributed by atoms with Gasteiger partial charge in [0.2, 0.25) is 0 Å². The Morgan fingerprint density at radius 2 is 1.65 bits per heavy atom. The highest BCUT2D eigenvalue weighted by Crippen LogP contribution is 2.13. The van der Waals surface area contributed by atoms with Crippen LogP contribution in [0.25, 0.3) is 0 Å². The van der Waals surface area contributed by atoms with Crippen LogP contribution in [0.2, 0.25) is 0 Å². The second kappa shape index (κ2) is 9.02. The van der Waals surface area contributed by atoms with Crippen molar-refractivity contribution in [1.29, 1.82) is 0 Å². The molecular weight excluding hydrogens is 246 g/mol. The van der Waals surface area contributed by atoms with Gasteiger partial charge >= 0.3 is 0 Å². The van der Waals surface area contributed by atoms with Crippen LogP contribution in [-0.2, 0) is 6.42 Å². The minimum absolute atomic E-state index is 0.847. The van der Waals surface area contributed by atoms with Crippen LogP contribution < -0.4 is 4.74 Å². The molecule has 0 atom stereocenters. The zero-order valence-corrected chi connectivity index (χ0v) is 12.9. The molecule has 1 heterocycles. The molecule has 1 fully saturated rings. The number of benzene rings is 1. The molecule has 2 heteroatoms. The Balaban J connectivity index is 1.56. The second-order valence-corrected chi connectivity index (χ2v) is 5.81. The van der Waals surface area contributed by atoms with Crippen LogP contribution in [0.5, 0.6) is 5.75 Å². The average Bonchev–Trinajstić information content (AvgIpc) is 2.76. The fraction of sp³-hybridized carbons (Fsp3) is 0.667. The maximum absolute atomic E-state index is 5.80. The third kappa shape index (κ3) is 5.54. The molecule has 0 aromatic heterocycles. The molecule has 0 radical (unpaired) electrons. The van der Waals surface area contributed by atoms with Crippen LogP contribution in [0.1, 0.15) is 51.0 Å². The van der Waals surface area contributed by atoms with Crippen molar-refractivity contribution in [2.45, 2.75) is 51.9 Å². The Morgan fingerprint density at radius 1 is 0.950 bits per heavy atom. The molecule has 2 rings (SSSR count). The van der Waals surface area contributed by atoms with Gasteiger partial charge in [0, 0.05) is 0 Å². The van der Waals surface area contributed by atoms with Gasteiger partial charge < -0.3 is 9.64 Å². The molecule has 0 unspecified atom stereocenters. The lowest BCUT2D eigenvalue weighted by atomic mass is 10.2. The molecule has 0 bridgehead atoms. The van der Waals surface area contributed by atoms with Crippen LogP contribution >= 0.6 is 0 Å². The fourth-order valence-corrected chi connectivity index (χ4v) is 2.81. The van der Waals surface area contributed by atoms with Gasteiger partial charge in [-0.15, -0.1) is 0 Å². The first-order chi connectivity index (χ1) is 9.88. The fourth-order valence-electron chi connectivity index (χ4n) is 2.81. The van der Waals surface area contributed by atoms with E-state index in [4.69, 9.17) is 4.74 Å². The van der Waals surface area contributed by atoms with Gasteiger partial charge in [0.1, 0.15) is 5.75 Å². The van der Waals surface area contributed by atoms with Crippen molar-refractivity contribution in [3.63, 3.8) is 0 Å². The van der Waals surface area contributed by atoms with E-state index < -0.39 is 0 Å². The summed E-state index contributed by atoms with van der Waals surface area (Å²) < 4.78 is 5.80. The first-order valence-electron chi connectivity index (χ1n) is 8.32. The summed E-state index contributed by atoms with van der Waals surface area (Å²) in [6, 6.07) is 8.50. The smallest absolute Gasteiger partial charge is 0.119 e. The highest BCUT2D eigenvalue weighted by atomic mass is 16.5. The predicted octanol–water partition coefficient (Wildman–Crippen LogP) is 4.28. The van der Waals surface area contributed by atoms with E-state index in [1.54, 1.807) is 0 Å². The van der Waals surface area contributed by atoms with Gasteiger partial charge in [-0.2, -0.15) is 0 Å². The molecule has 1 aliphatic heterocycles.